The Labute approximate surface area is 77.1 Å². The second-order valence-corrected chi connectivity index (χ2v) is 4.42. The molecule has 3 atom stereocenters. The van der Waals surface area contributed by atoms with Crippen LogP contribution in [0, 0.1) is 17.8 Å². The zero-order chi connectivity index (χ0) is 9.42. The van der Waals surface area contributed by atoms with E-state index >= 15 is 0 Å². The summed E-state index contributed by atoms with van der Waals surface area (Å²) in [6.07, 6.45) is 3.77. The van der Waals surface area contributed by atoms with E-state index in [1.54, 1.807) is 0 Å². The molecule has 13 heavy (non-hydrogen) atoms. The maximum absolute atomic E-state index is 11.2. The van der Waals surface area contributed by atoms with Crippen LogP contribution >= 0.6 is 0 Å². The number of carbonyl (C=O) groups is 2. The van der Waals surface area contributed by atoms with Crippen molar-refractivity contribution in [2.24, 2.45) is 17.8 Å². The van der Waals surface area contributed by atoms with Gasteiger partial charge in [-0.25, -0.2) is 0 Å². The molecule has 2 bridgehead atoms. The predicted molar refractivity (Wildman–Crippen MR) is 46.2 cm³/mol. The number of carboxylic acids is 1. The predicted octanol–water partition coefficient (Wildman–Crippen LogP) is 1.47. The third-order valence-electron chi connectivity index (χ3n) is 3.28. The third kappa shape index (κ3) is 1.74. The van der Waals surface area contributed by atoms with Crippen LogP contribution in [0.1, 0.15) is 32.1 Å². The molecule has 0 aromatic heterocycles. The van der Waals surface area contributed by atoms with E-state index in [1.807, 2.05) is 0 Å². The van der Waals surface area contributed by atoms with E-state index in [0.29, 0.717) is 30.5 Å². The molecule has 3 heteroatoms. The van der Waals surface area contributed by atoms with Crippen molar-refractivity contribution in [1.29, 1.82) is 0 Å². The SMILES string of the molecule is O=C1C[C@@H]2CC(C(=O)O)C[C@H](C1)C2. The fourth-order valence-electron chi connectivity index (χ4n) is 2.83. The number of rotatable bonds is 1. The van der Waals surface area contributed by atoms with Crippen LogP contribution in [0.2, 0.25) is 0 Å². The van der Waals surface area contributed by atoms with Crippen LogP contribution in [0.15, 0.2) is 0 Å². The van der Waals surface area contributed by atoms with E-state index in [9.17, 15) is 9.59 Å². The topological polar surface area (TPSA) is 54.4 Å². The summed E-state index contributed by atoms with van der Waals surface area (Å²) in [5.41, 5.74) is 0. The van der Waals surface area contributed by atoms with Gasteiger partial charge in [-0.3, -0.25) is 9.59 Å². The van der Waals surface area contributed by atoms with Gasteiger partial charge in [0.25, 0.3) is 0 Å². The molecule has 72 valence electrons. The number of fused-ring (bicyclic) bond motifs is 2. The third-order valence-corrected chi connectivity index (χ3v) is 3.28. The zero-order valence-corrected chi connectivity index (χ0v) is 7.53. The summed E-state index contributed by atoms with van der Waals surface area (Å²) in [5.74, 6) is 0.202. The molecule has 2 aliphatic rings. The number of hydrogen-bond donors (Lipinski definition) is 1. The van der Waals surface area contributed by atoms with Gasteiger partial charge >= 0.3 is 5.97 Å². The Bertz CT molecular complexity index is 231. The van der Waals surface area contributed by atoms with Crippen molar-refractivity contribution < 1.29 is 14.7 Å². The minimum atomic E-state index is -0.677. The molecule has 2 saturated carbocycles. The van der Waals surface area contributed by atoms with Crippen LogP contribution in [0.25, 0.3) is 0 Å². The van der Waals surface area contributed by atoms with Gasteiger partial charge in [-0.05, 0) is 31.1 Å². The first-order valence-corrected chi connectivity index (χ1v) is 4.89. The molecular weight excluding hydrogens is 168 g/mol. The van der Waals surface area contributed by atoms with Crippen molar-refractivity contribution >= 4 is 11.8 Å². The number of carboxylic acid groups (broad SMARTS) is 1. The monoisotopic (exact) mass is 182 g/mol. The van der Waals surface area contributed by atoms with Crippen molar-refractivity contribution in [2.45, 2.75) is 32.1 Å². The highest BCUT2D eigenvalue weighted by atomic mass is 16.4. The summed E-state index contributed by atoms with van der Waals surface area (Å²) >= 11 is 0. The quantitative estimate of drug-likeness (QED) is 0.668. The fourth-order valence-corrected chi connectivity index (χ4v) is 2.83. The summed E-state index contributed by atoms with van der Waals surface area (Å²) in [7, 11) is 0. The molecular formula is C10H14O3. The zero-order valence-electron chi connectivity index (χ0n) is 7.53. The van der Waals surface area contributed by atoms with Gasteiger partial charge in [0.1, 0.15) is 5.78 Å². The number of hydrogen-bond acceptors (Lipinski definition) is 2. The molecule has 0 spiro atoms. The average molecular weight is 182 g/mol. The van der Waals surface area contributed by atoms with Crippen LogP contribution in [-0.4, -0.2) is 16.9 Å². The Morgan fingerprint density at radius 2 is 1.69 bits per heavy atom. The lowest BCUT2D eigenvalue weighted by Gasteiger charge is -2.36. The van der Waals surface area contributed by atoms with Gasteiger partial charge in [-0.2, -0.15) is 0 Å². The maximum atomic E-state index is 11.2. The van der Waals surface area contributed by atoms with Gasteiger partial charge in [0.2, 0.25) is 0 Å². The lowest BCUT2D eigenvalue weighted by molar-refractivity contribution is -0.146. The molecule has 0 aromatic carbocycles. The average Bonchev–Trinajstić information content (AvgIpc) is 2.01. The summed E-state index contributed by atoms with van der Waals surface area (Å²) in [6.45, 7) is 0. The van der Waals surface area contributed by atoms with Crippen LogP contribution in [0.5, 0.6) is 0 Å². The number of carbonyl (C=O) groups excluding carboxylic acids is 1. The van der Waals surface area contributed by atoms with Gasteiger partial charge in [-0.1, -0.05) is 0 Å². The highest BCUT2D eigenvalue weighted by Gasteiger charge is 2.37. The van der Waals surface area contributed by atoms with E-state index in [-0.39, 0.29) is 5.92 Å². The summed E-state index contributed by atoms with van der Waals surface area (Å²) in [6, 6.07) is 0. The molecule has 0 radical (unpaired) electrons. The molecule has 0 aliphatic heterocycles. The van der Waals surface area contributed by atoms with Gasteiger partial charge in [0.05, 0.1) is 5.92 Å². The first-order chi connectivity index (χ1) is 6.15. The van der Waals surface area contributed by atoms with Gasteiger partial charge < -0.3 is 5.11 Å². The largest absolute Gasteiger partial charge is 0.481 e. The lowest BCUT2D eigenvalue weighted by Crippen LogP contribution is -2.34. The molecule has 0 saturated heterocycles. The van der Waals surface area contributed by atoms with Crippen molar-refractivity contribution in [3.05, 3.63) is 0 Å². The minimum Gasteiger partial charge on any atom is -0.481 e. The Morgan fingerprint density at radius 3 is 2.15 bits per heavy atom. The van der Waals surface area contributed by atoms with E-state index in [1.165, 1.54) is 0 Å². The van der Waals surface area contributed by atoms with Crippen molar-refractivity contribution in [1.82, 2.24) is 0 Å². The lowest BCUT2D eigenvalue weighted by atomic mass is 9.68. The first-order valence-electron chi connectivity index (χ1n) is 4.89. The Balaban J connectivity index is 2.05. The van der Waals surface area contributed by atoms with Crippen molar-refractivity contribution in [3.8, 4) is 0 Å². The van der Waals surface area contributed by atoms with Gasteiger partial charge in [0.15, 0.2) is 0 Å². The molecule has 2 fully saturated rings. The standard InChI is InChI=1S/C10H14O3/c11-9-4-6-1-7(5-9)3-8(2-6)10(12)13/h6-8H,1-5H2,(H,12,13)/t6-,7+,8?. The minimum absolute atomic E-state index is 0.183. The highest BCUT2D eigenvalue weighted by Crippen LogP contribution is 2.41. The number of ketones is 1. The second-order valence-electron chi connectivity index (χ2n) is 4.42. The molecule has 3 nitrogen and oxygen atoms in total. The fraction of sp³-hybridized carbons (Fsp3) is 0.800. The van der Waals surface area contributed by atoms with Crippen molar-refractivity contribution in [2.75, 3.05) is 0 Å². The van der Waals surface area contributed by atoms with Crippen LogP contribution in [0.3, 0.4) is 0 Å². The van der Waals surface area contributed by atoms with Crippen LogP contribution < -0.4 is 0 Å². The smallest absolute Gasteiger partial charge is 0.306 e. The van der Waals surface area contributed by atoms with Gasteiger partial charge in [-0.15, -0.1) is 0 Å². The Morgan fingerprint density at radius 1 is 1.15 bits per heavy atom. The van der Waals surface area contributed by atoms with E-state index in [0.717, 1.165) is 19.3 Å². The molecule has 2 rings (SSSR count). The van der Waals surface area contributed by atoms with Crippen LogP contribution in [0.4, 0.5) is 0 Å². The molecule has 2 aliphatic carbocycles. The normalized spacial score (nSPS) is 38.8. The molecule has 1 unspecified atom stereocenters. The molecule has 1 N–H and O–H groups in total. The highest BCUT2D eigenvalue weighted by molar-refractivity contribution is 5.80. The van der Waals surface area contributed by atoms with E-state index in [2.05, 4.69) is 0 Å². The Hall–Kier alpha value is -0.860. The van der Waals surface area contributed by atoms with E-state index in [4.69, 9.17) is 5.11 Å². The number of aliphatic carboxylic acids is 1. The summed E-state index contributed by atoms with van der Waals surface area (Å²) in [4.78, 5) is 22.0. The van der Waals surface area contributed by atoms with E-state index < -0.39 is 5.97 Å². The summed E-state index contributed by atoms with van der Waals surface area (Å²) in [5, 5.41) is 8.87. The first kappa shape index (κ1) is 8.73. The molecule has 0 amide bonds. The molecule has 0 heterocycles. The maximum Gasteiger partial charge on any atom is 0.306 e. The Kier molecular flexibility index (Phi) is 2.10. The van der Waals surface area contributed by atoms with Crippen molar-refractivity contribution in [3.63, 3.8) is 0 Å². The number of Topliss-reactive ketones (excluding diaryl/α,β-unsaturated/α-hetero) is 1. The summed E-state index contributed by atoms with van der Waals surface area (Å²) < 4.78 is 0. The second kappa shape index (κ2) is 3.13. The molecule has 0 aromatic rings. The van der Waals surface area contributed by atoms with Gasteiger partial charge in [0, 0.05) is 12.8 Å². The van der Waals surface area contributed by atoms with Crippen LogP contribution in [-0.2, 0) is 9.59 Å².